The lowest BCUT2D eigenvalue weighted by Gasteiger charge is -2.14. The Morgan fingerprint density at radius 1 is 1.30 bits per heavy atom. The van der Waals surface area contributed by atoms with E-state index in [0.29, 0.717) is 16.5 Å². The first-order valence-electron chi connectivity index (χ1n) is 5.94. The van der Waals surface area contributed by atoms with Crippen LogP contribution in [0.25, 0.3) is 10.8 Å². The number of nitrogen functional groups attached to an aromatic ring is 1. The van der Waals surface area contributed by atoms with Crippen LogP contribution in [0.4, 0.5) is 5.69 Å². The minimum Gasteiger partial charge on any atom is -0.494 e. The topological polar surface area (TPSA) is 126 Å². The van der Waals surface area contributed by atoms with Crippen molar-refractivity contribution in [3.8, 4) is 5.88 Å². The number of carbonyl (C=O) groups is 2. The first-order valence-corrected chi connectivity index (χ1v) is 5.94. The molecule has 0 radical (unpaired) electrons. The van der Waals surface area contributed by atoms with Gasteiger partial charge in [-0.15, -0.1) is 0 Å². The lowest BCUT2D eigenvalue weighted by Crippen LogP contribution is -2.19. The number of aliphatic carboxylic acids is 2. The molecule has 1 aromatic carbocycles. The summed E-state index contributed by atoms with van der Waals surface area (Å²) in [6, 6.07) is 3.82. The van der Waals surface area contributed by atoms with Crippen molar-refractivity contribution in [3.05, 3.63) is 24.4 Å². The van der Waals surface area contributed by atoms with E-state index in [1.54, 1.807) is 18.2 Å². The fraction of sp³-hybridized carbons (Fsp3) is 0.231. The molecule has 106 valence electrons. The number of rotatable bonds is 5. The second-order valence-electron chi connectivity index (χ2n) is 4.46. The van der Waals surface area contributed by atoms with E-state index in [2.05, 4.69) is 0 Å². The van der Waals surface area contributed by atoms with E-state index in [9.17, 15) is 19.8 Å². The molecule has 2 aromatic rings. The van der Waals surface area contributed by atoms with Crippen LogP contribution in [0.15, 0.2) is 24.4 Å². The molecule has 0 amide bonds. The molecule has 7 nitrogen and oxygen atoms in total. The van der Waals surface area contributed by atoms with Gasteiger partial charge in [-0.1, -0.05) is 12.1 Å². The first kappa shape index (κ1) is 13.7. The number of nitrogens with two attached hydrogens (primary N) is 1. The van der Waals surface area contributed by atoms with Crippen molar-refractivity contribution in [2.75, 3.05) is 5.73 Å². The molecular formula is C13H14N2O5. The summed E-state index contributed by atoms with van der Waals surface area (Å²) < 4.78 is 1.15. The van der Waals surface area contributed by atoms with Crippen molar-refractivity contribution in [1.82, 2.24) is 4.57 Å². The maximum absolute atomic E-state index is 11.3. The Kier molecular flexibility index (Phi) is 3.51. The third-order valence-corrected chi connectivity index (χ3v) is 3.13. The van der Waals surface area contributed by atoms with E-state index in [4.69, 9.17) is 10.8 Å². The molecule has 5 N–H and O–H groups in total. The highest BCUT2D eigenvalue weighted by Crippen LogP contribution is 2.35. The minimum atomic E-state index is -1.21. The van der Waals surface area contributed by atoms with Gasteiger partial charge in [0.25, 0.3) is 0 Å². The van der Waals surface area contributed by atoms with Crippen molar-refractivity contribution in [3.63, 3.8) is 0 Å². The number of aromatic nitrogens is 1. The van der Waals surface area contributed by atoms with E-state index >= 15 is 0 Å². The predicted molar refractivity (Wildman–Crippen MR) is 71.6 cm³/mol. The Labute approximate surface area is 113 Å². The van der Waals surface area contributed by atoms with Gasteiger partial charge in [0, 0.05) is 23.7 Å². The zero-order chi connectivity index (χ0) is 14.9. The van der Waals surface area contributed by atoms with E-state index < -0.39 is 18.0 Å². The summed E-state index contributed by atoms with van der Waals surface area (Å²) in [6.07, 6.45) is 1.03. The Morgan fingerprint density at radius 3 is 2.55 bits per heavy atom. The number of anilines is 1. The van der Waals surface area contributed by atoms with Gasteiger partial charge in [-0.25, -0.2) is 4.79 Å². The summed E-state index contributed by atoms with van der Waals surface area (Å²) in [5.74, 6) is -2.57. The molecular weight excluding hydrogens is 264 g/mol. The third-order valence-electron chi connectivity index (χ3n) is 3.13. The summed E-state index contributed by atoms with van der Waals surface area (Å²) in [5.41, 5.74) is 6.09. The SMILES string of the molecule is Nc1cccc2cn(C(CCC(=O)O)C(=O)O)c(O)c12. The van der Waals surface area contributed by atoms with Gasteiger partial charge in [0.05, 0.1) is 5.39 Å². The minimum absolute atomic E-state index is 0.126. The maximum atomic E-state index is 11.3. The Bertz CT molecular complexity index is 677. The summed E-state index contributed by atoms with van der Waals surface area (Å²) in [5, 5.41) is 29.0. The van der Waals surface area contributed by atoms with Crippen molar-refractivity contribution in [1.29, 1.82) is 0 Å². The molecule has 0 fully saturated rings. The molecule has 1 heterocycles. The molecule has 0 spiro atoms. The molecule has 0 bridgehead atoms. The fourth-order valence-corrected chi connectivity index (χ4v) is 2.17. The van der Waals surface area contributed by atoms with Gasteiger partial charge in [-0.3, -0.25) is 4.79 Å². The van der Waals surface area contributed by atoms with Crippen LogP contribution in [0.2, 0.25) is 0 Å². The van der Waals surface area contributed by atoms with Gasteiger partial charge < -0.3 is 25.6 Å². The Balaban J connectivity index is 2.48. The normalized spacial score (nSPS) is 12.4. The zero-order valence-electron chi connectivity index (χ0n) is 10.5. The standard InChI is InChI=1S/C13H14N2O5/c14-8-3-1-2-7-6-15(12(18)11(7)8)9(13(19)20)4-5-10(16)17/h1-3,6,9,18H,4-5,14H2,(H,16,17)(H,19,20). The summed E-state index contributed by atoms with van der Waals surface area (Å²) in [7, 11) is 0. The summed E-state index contributed by atoms with van der Waals surface area (Å²) in [6.45, 7) is 0. The van der Waals surface area contributed by atoms with Gasteiger partial charge in [-0.05, 0) is 12.5 Å². The van der Waals surface area contributed by atoms with Crippen molar-refractivity contribution >= 4 is 28.4 Å². The molecule has 1 unspecified atom stereocenters. The molecule has 2 rings (SSSR count). The van der Waals surface area contributed by atoms with Gasteiger partial charge in [0.15, 0.2) is 0 Å². The van der Waals surface area contributed by atoms with Gasteiger partial charge in [-0.2, -0.15) is 0 Å². The number of nitrogens with zero attached hydrogens (tertiary/aromatic N) is 1. The molecule has 1 atom stereocenters. The molecule has 0 aliphatic carbocycles. The molecule has 1 aromatic heterocycles. The molecule has 0 saturated heterocycles. The van der Waals surface area contributed by atoms with E-state index in [1.165, 1.54) is 6.20 Å². The Morgan fingerprint density at radius 2 is 2.00 bits per heavy atom. The lowest BCUT2D eigenvalue weighted by molar-refractivity contribution is -0.142. The molecule has 0 aliphatic heterocycles. The van der Waals surface area contributed by atoms with Crippen LogP contribution in [0.3, 0.4) is 0 Å². The van der Waals surface area contributed by atoms with E-state index in [1.807, 2.05) is 0 Å². The second kappa shape index (κ2) is 5.12. The molecule has 20 heavy (non-hydrogen) atoms. The van der Waals surface area contributed by atoms with Crippen LogP contribution in [0.1, 0.15) is 18.9 Å². The largest absolute Gasteiger partial charge is 0.494 e. The number of hydrogen-bond acceptors (Lipinski definition) is 4. The number of carboxylic acids is 2. The van der Waals surface area contributed by atoms with Crippen molar-refractivity contribution < 1.29 is 24.9 Å². The highest BCUT2D eigenvalue weighted by molar-refractivity contribution is 5.98. The maximum Gasteiger partial charge on any atom is 0.326 e. The van der Waals surface area contributed by atoms with E-state index in [0.717, 1.165) is 4.57 Å². The van der Waals surface area contributed by atoms with Crippen LogP contribution in [-0.4, -0.2) is 31.8 Å². The number of carboxylic acid groups (broad SMARTS) is 2. The van der Waals surface area contributed by atoms with Crippen molar-refractivity contribution in [2.45, 2.75) is 18.9 Å². The molecule has 0 saturated carbocycles. The fourth-order valence-electron chi connectivity index (χ4n) is 2.17. The highest BCUT2D eigenvalue weighted by atomic mass is 16.4. The van der Waals surface area contributed by atoms with Crippen LogP contribution < -0.4 is 5.73 Å². The highest BCUT2D eigenvalue weighted by Gasteiger charge is 2.24. The summed E-state index contributed by atoms with van der Waals surface area (Å²) >= 11 is 0. The van der Waals surface area contributed by atoms with Crippen LogP contribution in [0.5, 0.6) is 5.88 Å². The Hall–Kier alpha value is -2.70. The van der Waals surface area contributed by atoms with Crippen LogP contribution in [-0.2, 0) is 9.59 Å². The number of hydrogen-bond donors (Lipinski definition) is 4. The van der Waals surface area contributed by atoms with Gasteiger partial charge in [0.2, 0.25) is 5.88 Å². The summed E-state index contributed by atoms with van der Waals surface area (Å²) in [4.78, 5) is 21.9. The predicted octanol–water partition coefficient (Wildman–Crippen LogP) is 1.42. The van der Waals surface area contributed by atoms with Crippen LogP contribution in [0, 0.1) is 0 Å². The van der Waals surface area contributed by atoms with Crippen molar-refractivity contribution in [2.24, 2.45) is 0 Å². The van der Waals surface area contributed by atoms with E-state index in [-0.39, 0.29) is 18.7 Å². The number of aromatic hydroxyl groups is 1. The quantitative estimate of drug-likeness (QED) is 0.613. The monoisotopic (exact) mass is 278 g/mol. The first-order chi connectivity index (χ1) is 9.41. The number of fused-ring (bicyclic) bond motifs is 1. The zero-order valence-corrected chi connectivity index (χ0v) is 10.5. The van der Waals surface area contributed by atoms with Crippen LogP contribution >= 0.6 is 0 Å². The average molecular weight is 278 g/mol. The van der Waals surface area contributed by atoms with Gasteiger partial charge >= 0.3 is 11.9 Å². The number of benzene rings is 1. The van der Waals surface area contributed by atoms with Gasteiger partial charge in [0.1, 0.15) is 6.04 Å². The smallest absolute Gasteiger partial charge is 0.326 e. The average Bonchev–Trinajstić information content (AvgIpc) is 2.68. The second-order valence-corrected chi connectivity index (χ2v) is 4.46. The molecule has 7 heteroatoms. The molecule has 0 aliphatic rings. The lowest BCUT2D eigenvalue weighted by atomic mass is 10.1. The third kappa shape index (κ3) is 2.37.